The van der Waals surface area contributed by atoms with Crippen molar-refractivity contribution in [1.29, 1.82) is 0 Å². The van der Waals surface area contributed by atoms with E-state index in [2.05, 4.69) is 9.47 Å². The molecule has 0 unspecified atom stereocenters. The molecule has 0 amide bonds. The summed E-state index contributed by atoms with van der Waals surface area (Å²) in [6, 6.07) is 2.68. The van der Waals surface area contributed by atoms with E-state index in [1.165, 1.54) is 18.2 Å². The number of halogens is 2. The lowest BCUT2D eigenvalue weighted by molar-refractivity contribution is -0.143. The van der Waals surface area contributed by atoms with Gasteiger partial charge in [-0.15, -0.1) is 0 Å². The highest BCUT2D eigenvalue weighted by Gasteiger charge is 2.20. The Morgan fingerprint density at radius 1 is 1.11 bits per heavy atom. The molecule has 1 aromatic carbocycles. The third-order valence-electron chi connectivity index (χ3n) is 2.16. The van der Waals surface area contributed by atoms with E-state index < -0.39 is 11.9 Å². The summed E-state index contributed by atoms with van der Waals surface area (Å²) in [5, 5.41) is 9.39. The maximum Gasteiger partial charge on any atom is 0.345 e. The molecule has 0 fully saturated rings. The Labute approximate surface area is 119 Å². The van der Waals surface area contributed by atoms with Crippen LogP contribution in [0.4, 0.5) is 0 Å². The topological polar surface area (TPSA) is 72.8 Å². The van der Waals surface area contributed by atoms with Crippen LogP contribution in [0.1, 0.15) is 5.56 Å². The zero-order valence-electron chi connectivity index (χ0n) is 10.1. The van der Waals surface area contributed by atoms with Crippen LogP contribution < -0.4 is 0 Å². The van der Waals surface area contributed by atoms with Crippen LogP contribution in [0.25, 0.3) is 6.08 Å². The molecule has 0 aliphatic heterocycles. The fraction of sp³-hybridized carbons (Fsp3) is 0.167. The summed E-state index contributed by atoms with van der Waals surface area (Å²) < 4.78 is 8.94. The van der Waals surface area contributed by atoms with Crippen molar-refractivity contribution < 1.29 is 24.2 Å². The van der Waals surface area contributed by atoms with Crippen molar-refractivity contribution in [1.82, 2.24) is 0 Å². The third kappa shape index (κ3) is 3.62. The Balaban J connectivity index is 3.30. The number of carbonyl (C=O) groups is 2. The number of phenolic OH excluding ortho intramolecular Hbond substituents is 1. The molecule has 0 heterocycles. The van der Waals surface area contributed by atoms with Gasteiger partial charge >= 0.3 is 11.9 Å². The zero-order valence-corrected chi connectivity index (χ0v) is 11.6. The van der Waals surface area contributed by atoms with E-state index in [0.29, 0.717) is 5.56 Å². The molecule has 0 spiro atoms. The number of rotatable bonds is 3. The van der Waals surface area contributed by atoms with Crippen LogP contribution in [0.2, 0.25) is 10.0 Å². The minimum atomic E-state index is -0.854. The van der Waals surface area contributed by atoms with Crippen LogP contribution in [0.15, 0.2) is 17.7 Å². The molecule has 0 aliphatic carbocycles. The number of hydrogen-bond donors (Lipinski definition) is 1. The summed E-state index contributed by atoms with van der Waals surface area (Å²) in [6.45, 7) is 0. The first-order chi connectivity index (χ1) is 8.90. The minimum absolute atomic E-state index is 0.00664. The van der Waals surface area contributed by atoms with Crippen molar-refractivity contribution >= 4 is 41.2 Å². The second-order valence-electron chi connectivity index (χ2n) is 3.37. The number of aromatic hydroxyl groups is 1. The van der Waals surface area contributed by atoms with Gasteiger partial charge in [-0.05, 0) is 23.8 Å². The Morgan fingerprint density at radius 3 is 1.89 bits per heavy atom. The van der Waals surface area contributed by atoms with Gasteiger partial charge in [0.05, 0.1) is 24.3 Å². The van der Waals surface area contributed by atoms with Gasteiger partial charge < -0.3 is 14.6 Å². The van der Waals surface area contributed by atoms with Crippen LogP contribution in [0, 0.1) is 0 Å². The van der Waals surface area contributed by atoms with Gasteiger partial charge in [0.25, 0.3) is 0 Å². The number of carbonyl (C=O) groups excluding carboxylic acids is 2. The van der Waals surface area contributed by atoms with Crippen molar-refractivity contribution in [3.05, 3.63) is 33.3 Å². The van der Waals surface area contributed by atoms with Crippen molar-refractivity contribution in [2.45, 2.75) is 0 Å². The summed E-state index contributed by atoms with van der Waals surface area (Å²) in [5.74, 6) is -1.99. The van der Waals surface area contributed by atoms with E-state index in [-0.39, 0.29) is 21.4 Å². The molecule has 1 rings (SSSR count). The second kappa shape index (κ2) is 6.45. The highest BCUT2D eigenvalue weighted by atomic mass is 35.5. The predicted octanol–water partition coefficient (Wildman–Crippen LogP) is 2.43. The monoisotopic (exact) mass is 304 g/mol. The molecular formula is C12H10Cl2O5. The average molecular weight is 305 g/mol. The Kier molecular flexibility index (Phi) is 5.20. The molecule has 0 saturated heterocycles. The predicted molar refractivity (Wildman–Crippen MR) is 70.1 cm³/mol. The van der Waals surface area contributed by atoms with Gasteiger partial charge in [-0.1, -0.05) is 23.2 Å². The summed E-state index contributed by atoms with van der Waals surface area (Å²) in [5.41, 5.74) is 0.0291. The van der Waals surface area contributed by atoms with Gasteiger partial charge in [0.15, 0.2) is 5.75 Å². The second-order valence-corrected chi connectivity index (χ2v) is 4.19. The fourth-order valence-corrected chi connectivity index (χ4v) is 1.76. The fourth-order valence-electron chi connectivity index (χ4n) is 1.26. The molecule has 1 N–H and O–H groups in total. The van der Waals surface area contributed by atoms with E-state index in [4.69, 9.17) is 23.2 Å². The molecule has 0 atom stereocenters. The number of ether oxygens (including phenoxy) is 2. The number of benzene rings is 1. The van der Waals surface area contributed by atoms with Crippen LogP contribution >= 0.6 is 23.2 Å². The van der Waals surface area contributed by atoms with Gasteiger partial charge in [-0.3, -0.25) is 0 Å². The molecular weight excluding hydrogens is 295 g/mol. The van der Waals surface area contributed by atoms with Gasteiger partial charge in [0, 0.05) is 0 Å². The van der Waals surface area contributed by atoms with Gasteiger partial charge in [0.1, 0.15) is 5.57 Å². The quantitative estimate of drug-likeness (QED) is 0.402. The first-order valence-corrected chi connectivity index (χ1v) is 5.72. The lowest BCUT2D eigenvalue weighted by Gasteiger charge is -2.05. The standard InChI is InChI=1S/C12H10Cl2O5/c1-18-11(16)7(12(17)19-2)3-6-4-8(13)10(15)9(14)5-6/h3-5,15H,1-2H3. The molecule has 0 aromatic heterocycles. The molecule has 102 valence electrons. The first-order valence-electron chi connectivity index (χ1n) is 4.97. The Hall–Kier alpha value is -1.72. The van der Waals surface area contributed by atoms with Crippen molar-refractivity contribution in [2.75, 3.05) is 14.2 Å². The molecule has 0 aliphatic rings. The highest BCUT2D eigenvalue weighted by molar-refractivity contribution is 6.37. The molecule has 0 radical (unpaired) electrons. The Bertz CT molecular complexity index is 510. The highest BCUT2D eigenvalue weighted by Crippen LogP contribution is 2.33. The largest absolute Gasteiger partial charge is 0.505 e. The van der Waals surface area contributed by atoms with E-state index in [1.807, 2.05) is 0 Å². The molecule has 1 aromatic rings. The van der Waals surface area contributed by atoms with Crippen LogP contribution in [-0.4, -0.2) is 31.3 Å². The van der Waals surface area contributed by atoms with Crippen LogP contribution in [0.5, 0.6) is 5.75 Å². The van der Waals surface area contributed by atoms with Gasteiger partial charge in [0.2, 0.25) is 0 Å². The summed E-state index contributed by atoms with van der Waals surface area (Å²) in [7, 11) is 2.27. The molecule has 7 heteroatoms. The average Bonchev–Trinajstić information content (AvgIpc) is 2.40. The molecule has 0 saturated carbocycles. The van der Waals surface area contributed by atoms with Crippen LogP contribution in [-0.2, 0) is 19.1 Å². The maximum absolute atomic E-state index is 11.4. The maximum atomic E-state index is 11.4. The lowest BCUT2D eigenvalue weighted by Crippen LogP contribution is -2.15. The minimum Gasteiger partial charge on any atom is -0.505 e. The summed E-state index contributed by atoms with van der Waals surface area (Å²) in [6.07, 6.45) is 1.20. The smallest absolute Gasteiger partial charge is 0.345 e. The van der Waals surface area contributed by atoms with Crippen LogP contribution in [0.3, 0.4) is 0 Å². The zero-order chi connectivity index (χ0) is 14.6. The molecule has 19 heavy (non-hydrogen) atoms. The Morgan fingerprint density at radius 2 is 1.53 bits per heavy atom. The van der Waals surface area contributed by atoms with E-state index in [1.54, 1.807) is 0 Å². The lowest BCUT2D eigenvalue weighted by atomic mass is 10.1. The number of esters is 2. The van der Waals surface area contributed by atoms with Gasteiger partial charge in [-0.25, -0.2) is 9.59 Å². The first kappa shape index (κ1) is 15.3. The van der Waals surface area contributed by atoms with Gasteiger partial charge in [-0.2, -0.15) is 0 Å². The number of methoxy groups -OCH3 is 2. The third-order valence-corrected chi connectivity index (χ3v) is 2.74. The number of hydrogen-bond acceptors (Lipinski definition) is 5. The summed E-state index contributed by atoms with van der Waals surface area (Å²) in [4.78, 5) is 22.9. The normalized spacial score (nSPS) is 9.68. The summed E-state index contributed by atoms with van der Waals surface area (Å²) >= 11 is 11.5. The van der Waals surface area contributed by atoms with E-state index in [0.717, 1.165) is 14.2 Å². The molecule has 5 nitrogen and oxygen atoms in total. The molecule has 0 bridgehead atoms. The van der Waals surface area contributed by atoms with E-state index in [9.17, 15) is 14.7 Å². The van der Waals surface area contributed by atoms with E-state index >= 15 is 0 Å². The van der Waals surface area contributed by atoms with Crippen molar-refractivity contribution in [3.63, 3.8) is 0 Å². The SMILES string of the molecule is COC(=O)C(=Cc1cc(Cl)c(O)c(Cl)c1)C(=O)OC. The van der Waals surface area contributed by atoms with Crippen molar-refractivity contribution in [2.24, 2.45) is 0 Å². The number of phenols is 1. The van der Waals surface area contributed by atoms with Crippen molar-refractivity contribution in [3.8, 4) is 5.75 Å².